The van der Waals surface area contributed by atoms with E-state index in [1.807, 2.05) is 6.92 Å². The summed E-state index contributed by atoms with van der Waals surface area (Å²) >= 11 is 0. The smallest absolute Gasteiger partial charge is 0.357 e. The molecule has 0 heterocycles. The molecule has 0 aromatic heterocycles. The molecule has 1 fully saturated rings. The lowest BCUT2D eigenvalue weighted by Gasteiger charge is -2.25. The lowest BCUT2D eigenvalue weighted by molar-refractivity contribution is -0.132. The van der Waals surface area contributed by atoms with Crippen molar-refractivity contribution in [2.45, 2.75) is 52.1 Å². The van der Waals surface area contributed by atoms with E-state index in [4.69, 9.17) is 0 Å². The summed E-state index contributed by atoms with van der Waals surface area (Å²) in [6.07, 6.45) is -0.141. The van der Waals surface area contributed by atoms with Crippen LogP contribution in [0.1, 0.15) is 46.0 Å². The molecule has 0 aliphatic heterocycles. The van der Waals surface area contributed by atoms with Crippen molar-refractivity contribution in [3.8, 4) is 0 Å². The fourth-order valence-electron chi connectivity index (χ4n) is 2.40. The number of aliphatic imine (C=N–C) groups is 1. The molecule has 0 spiro atoms. The first-order chi connectivity index (χ1) is 9.40. The monoisotopic (exact) mass is 421 g/mol. The van der Waals surface area contributed by atoms with Crippen LogP contribution in [0.5, 0.6) is 0 Å². The molecule has 0 amide bonds. The summed E-state index contributed by atoms with van der Waals surface area (Å²) in [5.74, 6) is 1.87. The van der Waals surface area contributed by atoms with Crippen LogP contribution in [0.4, 0.5) is 13.2 Å². The van der Waals surface area contributed by atoms with Crippen LogP contribution in [0.2, 0.25) is 0 Å². The Morgan fingerprint density at radius 3 is 2.29 bits per heavy atom. The summed E-state index contributed by atoms with van der Waals surface area (Å²) in [5, 5.41) is 5.73. The molecule has 0 bridgehead atoms. The Morgan fingerprint density at radius 1 is 1.14 bits per heavy atom. The Balaban J connectivity index is 0.00000400. The van der Waals surface area contributed by atoms with Gasteiger partial charge in [-0.3, -0.25) is 4.99 Å². The molecule has 3 nitrogen and oxygen atoms in total. The topological polar surface area (TPSA) is 36.4 Å². The standard InChI is InChI=1S/C14H26F3N3.HI/c1-3-18-13(19-9-8-14(15,16)17)20-10-12-6-4-11(2)5-7-12;/h11-12H,3-10H2,1-2H3,(H2,18,19,20);1H. The Morgan fingerprint density at radius 2 is 1.76 bits per heavy atom. The molecule has 0 aromatic carbocycles. The Hall–Kier alpha value is -0.210. The largest absolute Gasteiger partial charge is 0.390 e. The number of halogens is 4. The van der Waals surface area contributed by atoms with Crippen molar-refractivity contribution in [2.24, 2.45) is 16.8 Å². The molecule has 0 saturated heterocycles. The molecule has 0 atom stereocenters. The third kappa shape index (κ3) is 10.2. The highest BCUT2D eigenvalue weighted by Crippen LogP contribution is 2.28. The first kappa shape index (κ1) is 20.8. The Kier molecular flexibility index (Phi) is 10.4. The average molecular weight is 421 g/mol. The zero-order valence-electron chi connectivity index (χ0n) is 12.8. The molecule has 0 unspecified atom stereocenters. The third-order valence-corrected chi connectivity index (χ3v) is 3.69. The lowest BCUT2D eigenvalue weighted by atomic mass is 9.83. The van der Waals surface area contributed by atoms with Crippen LogP contribution in [0.15, 0.2) is 4.99 Å². The van der Waals surface area contributed by atoms with Gasteiger partial charge in [-0.2, -0.15) is 13.2 Å². The summed E-state index contributed by atoms with van der Waals surface area (Å²) in [6.45, 7) is 5.40. The zero-order valence-corrected chi connectivity index (χ0v) is 15.1. The highest BCUT2D eigenvalue weighted by atomic mass is 127. The molecule has 0 aromatic rings. The summed E-state index contributed by atoms with van der Waals surface area (Å²) in [6, 6.07) is 0. The molecule has 1 aliphatic rings. The van der Waals surface area contributed by atoms with Gasteiger partial charge in [-0.1, -0.05) is 19.8 Å². The maximum atomic E-state index is 12.1. The highest BCUT2D eigenvalue weighted by Gasteiger charge is 2.26. The van der Waals surface area contributed by atoms with Gasteiger partial charge in [-0.05, 0) is 31.6 Å². The maximum Gasteiger partial charge on any atom is 0.390 e. The van der Waals surface area contributed by atoms with Crippen molar-refractivity contribution >= 4 is 29.9 Å². The predicted molar refractivity (Wildman–Crippen MR) is 91.2 cm³/mol. The molecule has 21 heavy (non-hydrogen) atoms. The van der Waals surface area contributed by atoms with E-state index >= 15 is 0 Å². The van der Waals surface area contributed by atoms with Gasteiger partial charge >= 0.3 is 6.18 Å². The molecule has 0 radical (unpaired) electrons. The molecule has 126 valence electrons. The number of hydrogen-bond acceptors (Lipinski definition) is 1. The molecule has 1 saturated carbocycles. The van der Waals surface area contributed by atoms with Crippen molar-refractivity contribution in [3.05, 3.63) is 0 Å². The number of nitrogens with one attached hydrogen (secondary N) is 2. The van der Waals surface area contributed by atoms with Crippen LogP contribution in [0.3, 0.4) is 0 Å². The van der Waals surface area contributed by atoms with Gasteiger partial charge < -0.3 is 10.6 Å². The van der Waals surface area contributed by atoms with E-state index in [2.05, 4.69) is 22.5 Å². The third-order valence-electron chi connectivity index (χ3n) is 3.69. The minimum absolute atomic E-state index is 0. The van der Waals surface area contributed by atoms with Gasteiger partial charge in [0.15, 0.2) is 5.96 Å². The lowest BCUT2D eigenvalue weighted by Crippen LogP contribution is -2.39. The second kappa shape index (κ2) is 10.5. The number of nitrogens with zero attached hydrogens (tertiary/aromatic N) is 1. The van der Waals surface area contributed by atoms with E-state index in [0.29, 0.717) is 25.0 Å². The van der Waals surface area contributed by atoms with Crippen LogP contribution in [0.25, 0.3) is 0 Å². The maximum absolute atomic E-state index is 12.1. The normalized spacial score (nSPS) is 23.4. The van der Waals surface area contributed by atoms with Gasteiger partial charge in [0.1, 0.15) is 0 Å². The predicted octanol–water partition coefficient (Wildman–Crippen LogP) is 3.94. The Bertz CT molecular complexity index is 300. The van der Waals surface area contributed by atoms with Crippen LogP contribution >= 0.6 is 24.0 Å². The van der Waals surface area contributed by atoms with Crippen LogP contribution < -0.4 is 10.6 Å². The summed E-state index contributed by atoms with van der Waals surface area (Å²) in [5.41, 5.74) is 0. The van der Waals surface area contributed by atoms with Crippen LogP contribution in [-0.4, -0.2) is 31.8 Å². The zero-order chi connectivity index (χ0) is 15.0. The van der Waals surface area contributed by atoms with E-state index in [-0.39, 0.29) is 30.5 Å². The van der Waals surface area contributed by atoms with E-state index in [1.54, 1.807) is 0 Å². The molecular weight excluding hydrogens is 394 g/mol. The molecule has 2 N–H and O–H groups in total. The number of hydrogen-bond donors (Lipinski definition) is 2. The second-order valence-electron chi connectivity index (χ2n) is 5.64. The van der Waals surface area contributed by atoms with Crippen molar-refractivity contribution in [3.63, 3.8) is 0 Å². The SMILES string of the molecule is CCNC(=NCC1CCC(C)CC1)NCCC(F)(F)F.I. The fourth-order valence-corrected chi connectivity index (χ4v) is 2.40. The summed E-state index contributed by atoms with van der Waals surface area (Å²) < 4.78 is 36.3. The van der Waals surface area contributed by atoms with Gasteiger partial charge in [-0.25, -0.2) is 0 Å². The van der Waals surface area contributed by atoms with Gasteiger partial charge in [-0.15, -0.1) is 24.0 Å². The van der Waals surface area contributed by atoms with E-state index in [1.165, 1.54) is 25.7 Å². The van der Waals surface area contributed by atoms with E-state index < -0.39 is 12.6 Å². The molecule has 1 aliphatic carbocycles. The van der Waals surface area contributed by atoms with Gasteiger partial charge in [0.25, 0.3) is 0 Å². The van der Waals surface area contributed by atoms with Crippen molar-refractivity contribution in [2.75, 3.05) is 19.6 Å². The van der Waals surface area contributed by atoms with Crippen molar-refractivity contribution < 1.29 is 13.2 Å². The molecule has 1 rings (SSSR count). The average Bonchev–Trinajstić information content (AvgIpc) is 2.36. The summed E-state index contributed by atoms with van der Waals surface area (Å²) in [7, 11) is 0. The Labute approximate surface area is 142 Å². The highest BCUT2D eigenvalue weighted by molar-refractivity contribution is 14.0. The first-order valence-electron chi connectivity index (χ1n) is 7.49. The van der Waals surface area contributed by atoms with Crippen LogP contribution in [-0.2, 0) is 0 Å². The summed E-state index contributed by atoms with van der Waals surface area (Å²) in [4.78, 5) is 4.41. The quantitative estimate of drug-likeness (QED) is 0.401. The van der Waals surface area contributed by atoms with Crippen LogP contribution in [0, 0.1) is 11.8 Å². The number of guanidine groups is 1. The number of alkyl halides is 3. The van der Waals surface area contributed by atoms with Gasteiger partial charge in [0.05, 0.1) is 6.42 Å². The fraction of sp³-hybridized carbons (Fsp3) is 0.929. The van der Waals surface area contributed by atoms with Crippen molar-refractivity contribution in [1.82, 2.24) is 10.6 Å². The molecule has 7 heteroatoms. The van der Waals surface area contributed by atoms with Gasteiger partial charge in [0, 0.05) is 19.6 Å². The first-order valence-corrected chi connectivity index (χ1v) is 7.49. The van der Waals surface area contributed by atoms with E-state index in [9.17, 15) is 13.2 Å². The second-order valence-corrected chi connectivity index (χ2v) is 5.64. The number of rotatable bonds is 5. The minimum Gasteiger partial charge on any atom is -0.357 e. The minimum atomic E-state index is -4.12. The van der Waals surface area contributed by atoms with Gasteiger partial charge in [0.2, 0.25) is 0 Å². The molecular formula is C14H27F3IN3. The van der Waals surface area contributed by atoms with Crippen molar-refractivity contribution in [1.29, 1.82) is 0 Å². The van der Waals surface area contributed by atoms with E-state index in [0.717, 1.165) is 5.92 Å².